The van der Waals surface area contributed by atoms with Gasteiger partial charge in [-0.15, -0.1) is 24.8 Å². The first kappa shape index (κ1) is 23.3. The zero-order valence-corrected chi connectivity index (χ0v) is 16.8. The summed E-state index contributed by atoms with van der Waals surface area (Å²) in [7, 11) is 0. The van der Waals surface area contributed by atoms with Crippen molar-refractivity contribution in [1.82, 2.24) is 10.3 Å². The zero-order valence-electron chi connectivity index (χ0n) is 14.4. The van der Waals surface area contributed by atoms with Gasteiger partial charge in [-0.25, -0.2) is 4.98 Å². The standard InChI is InChI=1S/C18H25ClN2O.2ClH/c1-18(2,3)9-5-4-7-14-11-16(12-21-17(14)19)22-13-15-8-6-10-20-15;;/h4-5,7,9,11-12,15,20H,6,8,10,13H2,1-3H3;2*1H/t15-;;/m1../s1. The molecule has 2 rings (SSSR count). The molecule has 1 N–H and O–H groups in total. The fourth-order valence-corrected chi connectivity index (χ4v) is 2.41. The average Bonchev–Trinajstić information content (AvgIpc) is 2.96. The fraction of sp³-hybridized carbons (Fsp3) is 0.500. The van der Waals surface area contributed by atoms with Crippen LogP contribution >= 0.6 is 36.4 Å². The first-order chi connectivity index (χ1) is 10.4. The van der Waals surface area contributed by atoms with Crippen molar-refractivity contribution in [2.45, 2.75) is 39.7 Å². The topological polar surface area (TPSA) is 34.1 Å². The zero-order chi connectivity index (χ0) is 16.0. The number of ether oxygens (including phenoxy) is 1. The highest BCUT2D eigenvalue weighted by atomic mass is 35.5. The summed E-state index contributed by atoms with van der Waals surface area (Å²) in [6.45, 7) is 8.25. The Labute approximate surface area is 162 Å². The second-order valence-electron chi connectivity index (χ2n) is 6.74. The molecule has 0 amide bonds. The molecule has 1 atom stereocenters. The first-order valence-corrected chi connectivity index (χ1v) is 8.19. The molecule has 1 aromatic heterocycles. The van der Waals surface area contributed by atoms with E-state index in [2.05, 4.69) is 37.1 Å². The van der Waals surface area contributed by atoms with Crippen LogP contribution in [0.15, 0.2) is 30.5 Å². The Morgan fingerprint density at radius 1 is 1.33 bits per heavy atom. The van der Waals surface area contributed by atoms with Gasteiger partial charge >= 0.3 is 0 Å². The van der Waals surface area contributed by atoms with Crippen LogP contribution < -0.4 is 10.1 Å². The van der Waals surface area contributed by atoms with Crippen LogP contribution in [0.1, 0.15) is 39.2 Å². The monoisotopic (exact) mass is 392 g/mol. The summed E-state index contributed by atoms with van der Waals surface area (Å²) in [6, 6.07) is 2.38. The highest BCUT2D eigenvalue weighted by Crippen LogP contribution is 2.21. The molecule has 0 saturated carbocycles. The Balaban J connectivity index is 0.00000264. The molecule has 0 radical (unpaired) electrons. The highest BCUT2D eigenvalue weighted by Gasteiger charge is 2.14. The third kappa shape index (κ3) is 8.39. The average molecular weight is 394 g/mol. The molecule has 1 saturated heterocycles. The molecule has 2 heterocycles. The summed E-state index contributed by atoms with van der Waals surface area (Å²) in [5.74, 6) is 0.762. The second-order valence-corrected chi connectivity index (χ2v) is 7.10. The van der Waals surface area contributed by atoms with Crippen LogP contribution in [-0.2, 0) is 0 Å². The molecule has 0 bridgehead atoms. The van der Waals surface area contributed by atoms with E-state index in [0.717, 1.165) is 17.9 Å². The quantitative estimate of drug-likeness (QED) is 0.542. The lowest BCUT2D eigenvalue weighted by Gasteiger charge is -2.12. The Morgan fingerprint density at radius 2 is 2.08 bits per heavy atom. The van der Waals surface area contributed by atoms with E-state index in [1.807, 2.05) is 24.3 Å². The minimum atomic E-state index is 0. The number of hydrogen-bond donors (Lipinski definition) is 1. The summed E-state index contributed by atoms with van der Waals surface area (Å²) < 4.78 is 5.81. The van der Waals surface area contributed by atoms with Crippen LogP contribution in [0.5, 0.6) is 5.75 Å². The van der Waals surface area contributed by atoms with Gasteiger partial charge in [-0.1, -0.05) is 56.7 Å². The molecule has 0 spiro atoms. The number of nitrogens with one attached hydrogen (secondary N) is 1. The predicted molar refractivity (Wildman–Crippen MR) is 108 cm³/mol. The van der Waals surface area contributed by atoms with Gasteiger partial charge < -0.3 is 10.1 Å². The van der Waals surface area contributed by atoms with Gasteiger partial charge in [0.25, 0.3) is 0 Å². The van der Waals surface area contributed by atoms with Crippen LogP contribution in [0, 0.1) is 5.41 Å². The lowest BCUT2D eigenvalue weighted by Crippen LogP contribution is -2.28. The molecule has 1 fully saturated rings. The van der Waals surface area contributed by atoms with Crippen molar-refractivity contribution in [3.8, 4) is 5.75 Å². The van der Waals surface area contributed by atoms with Crippen molar-refractivity contribution in [3.63, 3.8) is 0 Å². The van der Waals surface area contributed by atoms with E-state index in [0.29, 0.717) is 17.8 Å². The van der Waals surface area contributed by atoms with Gasteiger partial charge in [-0.05, 0) is 30.9 Å². The molecule has 0 unspecified atom stereocenters. The summed E-state index contributed by atoms with van der Waals surface area (Å²) in [5, 5.41) is 3.91. The minimum Gasteiger partial charge on any atom is -0.490 e. The molecule has 0 aromatic carbocycles. The molecule has 24 heavy (non-hydrogen) atoms. The van der Waals surface area contributed by atoms with E-state index in [1.165, 1.54) is 12.8 Å². The van der Waals surface area contributed by atoms with Crippen LogP contribution in [0.3, 0.4) is 0 Å². The lowest BCUT2D eigenvalue weighted by molar-refractivity contribution is 0.276. The van der Waals surface area contributed by atoms with Crippen LogP contribution in [-0.4, -0.2) is 24.2 Å². The number of allylic oxidation sites excluding steroid dienone is 3. The van der Waals surface area contributed by atoms with Gasteiger partial charge in [0, 0.05) is 11.6 Å². The van der Waals surface area contributed by atoms with Gasteiger partial charge in [-0.2, -0.15) is 0 Å². The molecule has 136 valence electrons. The summed E-state index contributed by atoms with van der Waals surface area (Å²) in [6.07, 6.45) is 12.2. The van der Waals surface area contributed by atoms with E-state index in [9.17, 15) is 0 Å². The molecule has 0 aliphatic carbocycles. The minimum absolute atomic E-state index is 0. The molecule has 1 aliphatic heterocycles. The van der Waals surface area contributed by atoms with Crippen LogP contribution in [0.4, 0.5) is 0 Å². The number of pyridine rings is 1. The SMILES string of the molecule is CC(C)(C)C=CC=Cc1cc(OC[C@H]2CCCN2)cnc1Cl.Cl.Cl. The van der Waals surface area contributed by atoms with E-state index in [4.69, 9.17) is 16.3 Å². The Morgan fingerprint density at radius 3 is 2.71 bits per heavy atom. The Hall–Kier alpha value is -0.740. The summed E-state index contributed by atoms with van der Waals surface area (Å²) >= 11 is 6.14. The van der Waals surface area contributed by atoms with E-state index in [1.54, 1.807) is 6.20 Å². The maximum Gasteiger partial charge on any atom is 0.138 e. The Kier molecular flexibility index (Phi) is 10.6. The second kappa shape index (κ2) is 11.0. The van der Waals surface area contributed by atoms with Crippen molar-refractivity contribution in [1.29, 1.82) is 0 Å². The van der Waals surface area contributed by atoms with Crippen molar-refractivity contribution in [2.75, 3.05) is 13.2 Å². The number of hydrogen-bond acceptors (Lipinski definition) is 3. The third-order valence-corrected chi connectivity index (χ3v) is 3.75. The summed E-state index contributed by atoms with van der Waals surface area (Å²) in [4.78, 5) is 4.20. The smallest absolute Gasteiger partial charge is 0.138 e. The van der Waals surface area contributed by atoms with Crippen LogP contribution in [0.2, 0.25) is 5.15 Å². The van der Waals surface area contributed by atoms with Crippen molar-refractivity contribution in [2.24, 2.45) is 5.41 Å². The maximum atomic E-state index is 6.14. The molecule has 1 aliphatic rings. The molecular weight excluding hydrogens is 367 g/mol. The normalized spacial score (nSPS) is 17.8. The number of halogens is 3. The van der Waals surface area contributed by atoms with E-state index < -0.39 is 0 Å². The van der Waals surface area contributed by atoms with Crippen LogP contribution in [0.25, 0.3) is 6.08 Å². The molecule has 6 heteroatoms. The lowest BCUT2D eigenvalue weighted by atomic mass is 9.96. The first-order valence-electron chi connectivity index (χ1n) is 7.82. The molecular formula is C18H27Cl3N2O. The predicted octanol–water partition coefficient (Wildman–Crippen LogP) is 5.32. The largest absolute Gasteiger partial charge is 0.490 e. The van der Waals surface area contributed by atoms with E-state index in [-0.39, 0.29) is 30.2 Å². The third-order valence-electron chi connectivity index (χ3n) is 3.44. The number of rotatable bonds is 5. The van der Waals surface area contributed by atoms with Gasteiger partial charge in [0.2, 0.25) is 0 Å². The fourth-order valence-electron chi connectivity index (χ4n) is 2.24. The Bertz CT molecular complexity index is 548. The van der Waals surface area contributed by atoms with Gasteiger partial charge in [-0.3, -0.25) is 0 Å². The summed E-state index contributed by atoms with van der Waals surface area (Å²) in [5.41, 5.74) is 1.04. The molecule has 3 nitrogen and oxygen atoms in total. The van der Waals surface area contributed by atoms with Gasteiger partial charge in [0.15, 0.2) is 0 Å². The number of nitrogens with zero attached hydrogens (tertiary/aromatic N) is 1. The molecule has 1 aromatic rings. The van der Waals surface area contributed by atoms with E-state index >= 15 is 0 Å². The maximum absolute atomic E-state index is 6.14. The van der Waals surface area contributed by atoms with Gasteiger partial charge in [0.1, 0.15) is 17.5 Å². The van der Waals surface area contributed by atoms with Crippen molar-refractivity contribution < 1.29 is 4.74 Å². The highest BCUT2D eigenvalue weighted by molar-refractivity contribution is 6.30. The van der Waals surface area contributed by atoms with Crippen molar-refractivity contribution >= 4 is 42.5 Å². The van der Waals surface area contributed by atoms with Gasteiger partial charge in [0.05, 0.1) is 6.20 Å². The van der Waals surface area contributed by atoms with Crippen molar-refractivity contribution in [3.05, 3.63) is 41.2 Å². The number of aromatic nitrogens is 1.